The molecule has 1 aromatic carbocycles. The highest BCUT2D eigenvalue weighted by atomic mass is 16.5. The fourth-order valence-corrected chi connectivity index (χ4v) is 1.51. The molecule has 0 bridgehead atoms. The van der Waals surface area contributed by atoms with Crippen LogP contribution >= 0.6 is 0 Å². The number of carboxylic acid groups (broad SMARTS) is 1. The number of hydrogen-bond acceptors (Lipinski definition) is 4. The standard InChI is InChI=1S/C15H21NO5/c1-10(2)11-5-4-6-12(7-11)21-8-13(17)16-9-15(3,20)14(18)19/h4-7,10,20H,8-9H2,1-3H3,(H,16,17)(H,18,19). The molecule has 0 saturated heterocycles. The maximum absolute atomic E-state index is 11.6. The molecule has 0 aromatic heterocycles. The number of carbonyl (C=O) groups is 2. The van der Waals surface area contributed by atoms with Crippen molar-refractivity contribution in [3.05, 3.63) is 29.8 Å². The van der Waals surface area contributed by atoms with Crippen molar-refractivity contribution in [1.82, 2.24) is 5.32 Å². The third-order valence-electron chi connectivity index (χ3n) is 2.99. The second kappa shape index (κ2) is 7.08. The number of amides is 1. The number of carbonyl (C=O) groups excluding carboxylic acids is 1. The Kier molecular flexibility index (Phi) is 5.72. The molecule has 0 aliphatic rings. The molecule has 1 rings (SSSR count). The lowest BCUT2D eigenvalue weighted by Crippen LogP contribution is -2.47. The van der Waals surface area contributed by atoms with Crippen molar-refractivity contribution in [3.63, 3.8) is 0 Å². The second-order valence-electron chi connectivity index (χ2n) is 5.37. The quantitative estimate of drug-likeness (QED) is 0.701. The van der Waals surface area contributed by atoms with Crippen molar-refractivity contribution in [2.24, 2.45) is 0 Å². The van der Waals surface area contributed by atoms with Crippen LogP contribution in [0.1, 0.15) is 32.3 Å². The fourth-order valence-electron chi connectivity index (χ4n) is 1.51. The van der Waals surface area contributed by atoms with Gasteiger partial charge in [-0.1, -0.05) is 26.0 Å². The van der Waals surface area contributed by atoms with Gasteiger partial charge in [-0.2, -0.15) is 0 Å². The first-order valence-corrected chi connectivity index (χ1v) is 6.67. The molecule has 1 unspecified atom stereocenters. The minimum absolute atomic E-state index is 0.239. The lowest BCUT2D eigenvalue weighted by Gasteiger charge is -2.18. The van der Waals surface area contributed by atoms with Crippen molar-refractivity contribution in [2.75, 3.05) is 13.2 Å². The Hall–Kier alpha value is -2.08. The van der Waals surface area contributed by atoms with Gasteiger partial charge in [-0.05, 0) is 30.5 Å². The zero-order chi connectivity index (χ0) is 16.0. The minimum Gasteiger partial charge on any atom is -0.484 e. The van der Waals surface area contributed by atoms with E-state index < -0.39 is 17.5 Å². The third-order valence-corrected chi connectivity index (χ3v) is 2.99. The van der Waals surface area contributed by atoms with Gasteiger partial charge >= 0.3 is 5.97 Å². The van der Waals surface area contributed by atoms with Crippen LogP contribution in [0.5, 0.6) is 5.75 Å². The predicted octanol–water partition coefficient (Wildman–Crippen LogP) is 1.14. The first-order chi connectivity index (χ1) is 9.72. The van der Waals surface area contributed by atoms with Gasteiger partial charge in [0.1, 0.15) is 5.75 Å². The van der Waals surface area contributed by atoms with Gasteiger partial charge in [0.15, 0.2) is 12.2 Å². The number of ether oxygens (including phenoxy) is 1. The Morgan fingerprint density at radius 2 is 2.05 bits per heavy atom. The van der Waals surface area contributed by atoms with Gasteiger partial charge in [-0.25, -0.2) is 4.79 Å². The van der Waals surface area contributed by atoms with Crippen LogP contribution in [-0.4, -0.2) is 40.8 Å². The molecular formula is C15H21NO5. The number of hydrogen-bond donors (Lipinski definition) is 3. The Labute approximate surface area is 123 Å². The summed E-state index contributed by atoms with van der Waals surface area (Å²) in [5.41, 5.74) is -0.894. The highest BCUT2D eigenvalue weighted by molar-refractivity contribution is 5.80. The minimum atomic E-state index is -1.99. The van der Waals surface area contributed by atoms with E-state index >= 15 is 0 Å². The number of aliphatic carboxylic acids is 1. The SMILES string of the molecule is CC(C)c1cccc(OCC(=O)NCC(C)(O)C(=O)O)c1. The van der Waals surface area contributed by atoms with E-state index in [9.17, 15) is 14.7 Å². The summed E-state index contributed by atoms with van der Waals surface area (Å²) in [6, 6.07) is 7.41. The Morgan fingerprint density at radius 1 is 1.38 bits per heavy atom. The lowest BCUT2D eigenvalue weighted by atomic mass is 10.0. The van der Waals surface area contributed by atoms with Crippen molar-refractivity contribution >= 4 is 11.9 Å². The van der Waals surface area contributed by atoms with Gasteiger partial charge in [0.25, 0.3) is 5.91 Å². The molecule has 0 heterocycles. The van der Waals surface area contributed by atoms with E-state index in [1.54, 1.807) is 6.07 Å². The molecule has 1 amide bonds. The summed E-state index contributed by atoms with van der Waals surface area (Å²) in [7, 11) is 0. The van der Waals surface area contributed by atoms with Crippen molar-refractivity contribution in [2.45, 2.75) is 32.3 Å². The molecule has 0 spiro atoms. The van der Waals surface area contributed by atoms with Crippen LogP contribution in [0.15, 0.2) is 24.3 Å². The average molecular weight is 295 g/mol. The number of nitrogens with one attached hydrogen (secondary N) is 1. The Balaban J connectivity index is 2.47. The van der Waals surface area contributed by atoms with E-state index in [-0.39, 0.29) is 13.2 Å². The van der Waals surface area contributed by atoms with Crippen LogP contribution in [0.2, 0.25) is 0 Å². The number of benzene rings is 1. The number of aliphatic hydroxyl groups is 1. The summed E-state index contributed by atoms with van der Waals surface area (Å²) in [4.78, 5) is 22.2. The Bertz CT molecular complexity index is 511. The summed E-state index contributed by atoms with van der Waals surface area (Å²) in [6.07, 6.45) is 0. The summed E-state index contributed by atoms with van der Waals surface area (Å²) in [6.45, 7) is 4.61. The zero-order valence-corrected chi connectivity index (χ0v) is 12.4. The van der Waals surface area contributed by atoms with Crippen LogP contribution in [0.25, 0.3) is 0 Å². The highest BCUT2D eigenvalue weighted by Crippen LogP contribution is 2.19. The molecule has 21 heavy (non-hydrogen) atoms. The first kappa shape index (κ1) is 17.0. The van der Waals surface area contributed by atoms with Gasteiger partial charge in [0.05, 0.1) is 6.54 Å². The molecule has 6 heteroatoms. The summed E-state index contributed by atoms with van der Waals surface area (Å²) >= 11 is 0. The zero-order valence-electron chi connectivity index (χ0n) is 12.4. The molecule has 0 aliphatic carbocycles. The first-order valence-electron chi connectivity index (χ1n) is 6.67. The highest BCUT2D eigenvalue weighted by Gasteiger charge is 2.30. The van der Waals surface area contributed by atoms with E-state index in [1.807, 2.05) is 18.2 Å². The molecule has 1 atom stereocenters. The topological polar surface area (TPSA) is 95.9 Å². The summed E-state index contributed by atoms with van der Waals surface area (Å²) < 4.78 is 5.34. The number of carboxylic acids is 1. The van der Waals surface area contributed by atoms with Crippen molar-refractivity contribution in [1.29, 1.82) is 0 Å². The maximum atomic E-state index is 11.6. The molecule has 3 N–H and O–H groups in total. The van der Waals surface area contributed by atoms with Crippen LogP contribution in [0.3, 0.4) is 0 Å². The third kappa shape index (κ3) is 5.43. The van der Waals surface area contributed by atoms with E-state index in [4.69, 9.17) is 9.84 Å². The summed E-state index contributed by atoms with van der Waals surface area (Å²) in [5.74, 6) is -0.964. The normalized spacial score (nSPS) is 13.6. The van der Waals surface area contributed by atoms with Crippen LogP contribution in [-0.2, 0) is 9.59 Å². The van der Waals surface area contributed by atoms with Gasteiger partial charge in [0, 0.05) is 0 Å². The predicted molar refractivity (Wildman–Crippen MR) is 77.3 cm³/mol. The largest absolute Gasteiger partial charge is 0.484 e. The van der Waals surface area contributed by atoms with E-state index in [2.05, 4.69) is 19.2 Å². The molecular weight excluding hydrogens is 274 g/mol. The fraction of sp³-hybridized carbons (Fsp3) is 0.467. The van der Waals surface area contributed by atoms with E-state index in [1.165, 1.54) is 0 Å². The van der Waals surface area contributed by atoms with E-state index in [0.29, 0.717) is 11.7 Å². The molecule has 6 nitrogen and oxygen atoms in total. The Morgan fingerprint density at radius 3 is 2.62 bits per heavy atom. The van der Waals surface area contributed by atoms with Crippen molar-refractivity contribution in [3.8, 4) is 5.75 Å². The van der Waals surface area contributed by atoms with Crippen LogP contribution < -0.4 is 10.1 Å². The monoisotopic (exact) mass is 295 g/mol. The lowest BCUT2D eigenvalue weighted by molar-refractivity contribution is -0.156. The maximum Gasteiger partial charge on any atom is 0.337 e. The van der Waals surface area contributed by atoms with Crippen LogP contribution in [0, 0.1) is 0 Å². The molecule has 0 saturated carbocycles. The van der Waals surface area contributed by atoms with Gasteiger partial charge < -0.3 is 20.3 Å². The molecule has 116 valence electrons. The average Bonchev–Trinajstić information content (AvgIpc) is 2.43. The smallest absolute Gasteiger partial charge is 0.337 e. The molecule has 0 radical (unpaired) electrons. The number of rotatable bonds is 7. The van der Waals surface area contributed by atoms with Gasteiger partial charge in [-0.3, -0.25) is 4.79 Å². The molecule has 0 aliphatic heterocycles. The molecule has 1 aromatic rings. The summed E-state index contributed by atoms with van der Waals surface area (Å²) in [5, 5.41) is 20.5. The van der Waals surface area contributed by atoms with Gasteiger partial charge in [0.2, 0.25) is 0 Å². The second-order valence-corrected chi connectivity index (χ2v) is 5.37. The van der Waals surface area contributed by atoms with E-state index in [0.717, 1.165) is 12.5 Å². The van der Waals surface area contributed by atoms with Crippen LogP contribution in [0.4, 0.5) is 0 Å². The van der Waals surface area contributed by atoms with Crippen molar-refractivity contribution < 1.29 is 24.5 Å². The molecule has 0 fully saturated rings. The van der Waals surface area contributed by atoms with Gasteiger partial charge in [-0.15, -0.1) is 0 Å².